The van der Waals surface area contributed by atoms with E-state index in [0.29, 0.717) is 16.7 Å². The van der Waals surface area contributed by atoms with Crippen molar-refractivity contribution in [1.82, 2.24) is 4.98 Å². The molecule has 1 heterocycles. The lowest BCUT2D eigenvalue weighted by Crippen LogP contribution is -2.80. The van der Waals surface area contributed by atoms with Gasteiger partial charge in [0.1, 0.15) is 18.8 Å². The lowest BCUT2D eigenvalue weighted by atomic mass is 10.2. The van der Waals surface area contributed by atoms with Crippen molar-refractivity contribution in [3.8, 4) is 5.75 Å². The summed E-state index contributed by atoms with van der Waals surface area (Å²) >= 11 is 12.2. The molecule has 20 heavy (non-hydrogen) atoms. The van der Waals surface area contributed by atoms with Crippen LogP contribution in [0.3, 0.4) is 0 Å². The van der Waals surface area contributed by atoms with Gasteiger partial charge >= 0.3 is 0 Å². The van der Waals surface area contributed by atoms with E-state index in [-0.39, 0.29) is 0 Å². The maximum Gasteiger partial charge on any atom is 0.146 e. The van der Waals surface area contributed by atoms with E-state index in [9.17, 15) is 0 Å². The lowest BCUT2D eigenvalue weighted by molar-refractivity contribution is -0.686. The molecule has 0 bridgehead atoms. The van der Waals surface area contributed by atoms with Gasteiger partial charge in [-0.3, -0.25) is 4.98 Å². The molecule has 2 rings (SSSR count). The maximum absolute atomic E-state index is 6.18. The fourth-order valence-electron chi connectivity index (χ4n) is 1.98. The molecule has 0 amide bonds. The topological polar surface area (TPSA) is 38.7 Å². The number of pyridine rings is 1. The zero-order valence-electron chi connectivity index (χ0n) is 11.3. The van der Waals surface area contributed by atoms with Gasteiger partial charge in [-0.25, -0.2) is 0 Å². The third kappa shape index (κ3) is 4.10. The number of benzene rings is 1. The molecule has 5 heteroatoms. The molecular formula is C15H17Cl2N2O+. The second-order valence-electron chi connectivity index (χ2n) is 4.36. The van der Waals surface area contributed by atoms with Crippen LogP contribution in [0.2, 0.25) is 10.0 Å². The van der Waals surface area contributed by atoms with Crippen LogP contribution < -0.4 is 10.1 Å². The van der Waals surface area contributed by atoms with Crippen LogP contribution >= 0.6 is 23.2 Å². The average molecular weight is 312 g/mol. The number of aromatic nitrogens is 1. The second-order valence-corrected chi connectivity index (χ2v) is 5.20. The Balaban J connectivity index is 2.05. The van der Waals surface area contributed by atoms with E-state index in [1.54, 1.807) is 18.5 Å². The van der Waals surface area contributed by atoms with Crippen LogP contribution in [-0.4, -0.2) is 11.6 Å². The minimum atomic E-state index is 0.562. The van der Waals surface area contributed by atoms with Crippen LogP contribution in [0.5, 0.6) is 5.75 Å². The standard InChI is InChI=1S/C15H16Cl2N2O/c1-2-20-15-12(7-13(16)8-14(15)17)10-19-9-11-3-5-18-6-4-11/h3-8,19H,2,9-10H2,1H3/p+1. The summed E-state index contributed by atoms with van der Waals surface area (Å²) in [5, 5.41) is 3.37. The van der Waals surface area contributed by atoms with Gasteiger partial charge in [0.25, 0.3) is 0 Å². The third-order valence-electron chi connectivity index (χ3n) is 2.87. The summed E-state index contributed by atoms with van der Waals surface area (Å²) in [4.78, 5) is 4.00. The molecule has 2 N–H and O–H groups in total. The molecule has 0 saturated carbocycles. The minimum absolute atomic E-state index is 0.562. The van der Waals surface area contributed by atoms with Crippen molar-refractivity contribution in [3.63, 3.8) is 0 Å². The van der Waals surface area contributed by atoms with Crippen LogP contribution in [0.15, 0.2) is 36.7 Å². The monoisotopic (exact) mass is 311 g/mol. The summed E-state index contributed by atoms with van der Waals surface area (Å²) in [6.07, 6.45) is 3.59. The Labute approximate surface area is 128 Å². The van der Waals surface area contributed by atoms with Crippen molar-refractivity contribution in [2.45, 2.75) is 20.0 Å². The highest BCUT2D eigenvalue weighted by atomic mass is 35.5. The second kappa shape index (κ2) is 7.48. The first-order valence-corrected chi connectivity index (χ1v) is 7.27. The smallest absolute Gasteiger partial charge is 0.146 e. The predicted molar refractivity (Wildman–Crippen MR) is 81.2 cm³/mol. The van der Waals surface area contributed by atoms with Gasteiger partial charge in [-0.15, -0.1) is 0 Å². The summed E-state index contributed by atoms with van der Waals surface area (Å²) in [7, 11) is 0. The van der Waals surface area contributed by atoms with Crippen molar-refractivity contribution in [1.29, 1.82) is 0 Å². The van der Waals surface area contributed by atoms with Crippen LogP contribution in [0.25, 0.3) is 0 Å². The molecule has 1 aromatic heterocycles. The Bertz CT molecular complexity index is 561. The molecule has 0 aliphatic rings. The quantitative estimate of drug-likeness (QED) is 0.890. The molecule has 2 aromatic rings. The number of ether oxygens (including phenoxy) is 1. The number of nitrogens with two attached hydrogens (primary N) is 1. The number of nitrogens with zero attached hydrogens (tertiary/aromatic N) is 1. The number of hydrogen-bond acceptors (Lipinski definition) is 2. The van der Waals surface area contributed by atoms with Gasteiger partial charge in [0.05, 0.1) is 17.2 Å². The SMILES string of the molecule is CCOc1c(Cl)cc(Cl)cc1C[NH2+]Cc1ccncc1. The zero-order chi connectivity index (χ0) is 14.4. The molecule has 0 radical (unpaired) electrons. The number of halogens is 2. The first-order chi connectivity index (χ1) is 9.70. The molecule has 0 aliphatic carbocycles. The average Bonchev–Trinajstić information content (AvgIpc) is 2.43. The minimum Gasteiger partial charge on any atom is -0.492 e. The normalized spacial score (nSPS) is 10.6. The van der Waals surface area contributed by atoms with Gasteiger partial charge in [0.15, 0.2) is 0 Å². The summed E-state index contributed by atoms with van der Waals surface area (Å²) in [6.45, 7) is 4.16. The fourth-order valence-corrected chi connectivity index (χ4v) is 2.57. The van der Waals surface area contributed by atoms with E-state index >= 15 is 0 Å². The maximum atomic E-state index is 6.18. The Morgan fingerprint density at radius 3 is 2.60 bits per heavy atom. The van der Waals surface area contributed by atoms with Crippen molar-refractivity contribution >= 4 is 23.2 Å². The van der Waals surface area contributed by atoms with Gasteiger partial charge < -0.3 is 10.1 Å². The summed E-state index contributed by atoms with van der Waals surface area (Å²) in [5.74, 6) is 0.726. The highest BCUT2D eigenvalue weighted by molar-refractivity contribution is 6.35. The van der Waals surface area contributed by atoms with Gasteiger partial charge in [0.2, 0.25) is 0 Å². The molecule has 0 unspecified atom stereocenters. The lowest BCUT2D eigenvalue weighted by Gasteiger charge is -2.12. The van der Waals surface area contributed by atoms with Gasteiger partial charge in [0, 0.05) is 23.0 Å². The van der Waals surface area contributed by atoms with Crippen molar-refractivity contribution < 1.29 is 10.1 Å². The molecule has 0 spiro atoms. The van der Waals surface area contributed by atoms with E-state index in [2.05, 4.69) is 10.3 Å². The molecular weight excluding hydrogens is 295 g/mol. The molecule has 0 atom stereocenters. The highest BCUT2D eigenvalue weighted by Gasteiger charge is 2.11. The van der Waals surface area contributed by atoms with Gasteiger partial charge in [-0.05, 0) is 31.2 Å². The number of hydrogen-bond donors (Lipinski definition) is 1. The van der Waals surface area contributed by atoms with Gasteiger partial charge in [-0.2, -0.15) is 0 Å². The predicted octanol–water partition coefficient (Wildman–Crippen LogP) is 3.05. The number of quaternary nitrogens is 1. The molecule has 0 aliphatic heterocycles. The number of rotatable bonds is 6. The Hall–Kier alpha value is -1.29. The zero-order valence-corrected chi connectivity index (χ0v) is 12.8. The molecule has 0 fully saturated rings. The Morgan fingerprint density at radius 2 is 1.90 bits per heavy atom. The van der Waals surface area contributed by atoms with Crippen LogP contribution in [0.1, 0.15) is 18.1 Å². The van der Waals surface area contributed by atoms with E-state index in [0.717, 1.165) is 24.4 Å². The fraction of sp³-hybridized carbons (Fsp3) is 0.267. The van der Waals surface area contributed by atoms with Crippen LogP contribution in [0.4, 0.5) is 0 Å². The Morgan fingerprint density at radius 1 is 1.15 bits per heavy atom. The Kier molecular flexibility index (Phi) is 5.65. The van der Waals surface area contributed by atoms with Crippen molar-refractivity contribution in [2.75, 3.05) is 6.61 Å². The van der Waals surface area contributed by atoms with E-state index in [1.807, 2.05) is 25.1 Å². The first kappa shape index (κ1) is 15.1. The molecule has 1 aromatic carbocycles. The van der Waals surface area contributed by atoms with E-state index < -0.39 is 0 Å². The van der Waals surface area contributed by atoms with Gasteiger partial charge in [-0.1, -0.05) is 23.2 Å². The first-order valence-electron chi connectivity index (χ1n) is 6.52. The van der Waals surface area contributed by atoms with E-state index in [1.165, 1.54) is 5.56 Å². The summed E-state index contributed by atoms with van der Waals surface area (Å²) < 4.78 is 5.60. The van der Waals surface area contributed by atoms with Crippen LogP contribution in [0, 0.1) is 0 Å². The van der Waals surface area contributed by atoms with Crippen LogP contribution in [-0.2, 0) is 13.1 Å². The molecule has 0 saturated heterocycles. The molecule has 106 valence electrons. The highest BCUT2D eigenvalue weighted by Crippen LogP contribution is 2.31. The summed E-state index contributed by atoms with van der Waals surface area (Å²) in [5.41, 5.74) is 2.24. The van der Waals surface area contributed by atoms with E-state index in [4.69, 9.17) is 27.9 Å². The third-order valence-corrected chi connectivity index (χ3v) is 3.37. The molecule has 3 nitrogen and oxygen atoms in total. The summed E-state index contributed by atoms with van der Waals surface area (Å²) in [6, 6.07) is 7.62. The van der Waals surface area contributed by atoms with Crippen molar-refractivity contribution in [2.24, 2.45) is 0 Å². The van der Waals surface area contributed by atoms with Crippen molar-refractivity contribution in [3.05, 3.63) is 57.8 Å². The largest absolute Gasteiger partial charge is 0.492 e.